The van der Waals surface area contributed by atoms with Crippen molar-refractivity contribution in [3.63, 3.8) is 0 Å². The fourth-order valence-corrected chi connectivity index (χ4v) is 1.92. The zero-order valence-corrected chi connectivity index (χ0v) is 14.0. The molecule has 1 heterocycles. The molecule has 2 aromatic carbocycles. The molecule has 4 nitrogen and oxygen atoms in total. The van der Waals surface area contributed by atoms with E-state index in [2.05, 4.69) is 57.9 Å². The fourth-order valence-electron chi connectivity index (χ4n) is 1.92. The summed E-state index contributed by atoms with van der Waals surface area (Å²) >= 11 is 0. The third-order valence-electron chi connectivity index (χ3n) is 2.85. The van der Waals surface area contributed by atoms with Gasteiger partial charge < -0.3 is 5.10 Å². The summed E-state index contributed by atoms with van der Waals surface area (Å²) in [4.78, 5) is 0. The maximum Gasteiger partial charge on any atom is 1.00 e. The van der Waals surface area contributed by atoms with Crippen molar-refractivity contribution in [3.05, 3.63) is 54.1 Å². The Bertz CT molecular complexity index is 647. The van der Waals surface area contributed by atoms with E-state index < -0.39 is 0 Å². The van der Waals surface area contributed by atoms with Crippen molar-refractivity contribution in [2.75, 3.05) is 0 Å². The van der Waals surface area contributed by atoms with Crippen molar-refractivity contribution in [2.24, 2.45) is 0 Å². The number of benzene rings is 2. The molecule has 0 saturated carbocycles. The summed E-state index contributed by atoms with van der Waals surface area (Å²) in [5, 5.41) is 14.9. The molecule has 0 aliphatic rings. The van der Waals surface area contributed by atoms with Crippen LogP contribution in [0.3, 0.4) is 0 Å². The summed E-state index contributed by atoms with van der Waals surface area (Å²) < 4.78 is 0. The zero-order valence-electron chi connectivity index (χ0n) is 10.9. The predicted molar refractivity (Wildman–Crippen MR) is 68.8 cm³/mol. The van der Waals surface area contributed by atoms with Gasteiger partial charge in [-0.3, -0.25) is 10.3 Å². The molecule has 0 unspecified atom stereocenters. The second kappa shape index (κ2) is 6.54. The molecule has 19 heavy (non-hydrogen) atoms. The van der Waals surface area contributed by atoms with Crippen LogP contribution in [0.2, 0.25) is 0 Å². The Morgan fingerprint density at radius 1 is 0.895 bits per heavy atom. The number of rotatable bonds is 2. The van der Waals surface area contributed by atoms with Crippen LogP contribution in [0, 0.1) is 6.92 Å². The second-order valence-corrected chi connectivity index (χ2v) is 4.11. The molecule has 3 rings (SSSR count). The average molecular weight is 274 g/mol. The van der Waals surface area contributed by atoms with Crippen LogP contribution in [0.25, 0.3) is 22.5 Å². The molecule has 0 aliphatic carbocycles. The summed E-state index contributed by atoms with van der Waals surface area (Å²) in [5.41, 5.74) is 4.42. The van der Waals surface area contributed by atoms with Crippen LogP contribution >= 0.6 is 0 Å². The van der Waals surface area contributed by atoms with Gasteiger partial charge >= 0.3 is 51.4 Å². The first-order chi connectivity index (χ1) is 8.84. The summed E-state index contributed by atoms with van der Waals surface area (Å²) in [6.45, 7) is 2.07. The van der Waals surface area contributed by atoms with Gasteiger partial charge in [0.25, 0.3) is 0 Å². The fraction of sp³-hybridized carbons (Fsp3) is 0.0714. The maximum atomic E-state index is 3.92. The zero-order chi connectivity index (χ0) is 12.4. The number of hydrogen-bond acceptors (Lipinski definition) is 3. The van der Waals surface area contributed by atoms with E-state index in [0.29, 0.717) is 5.82 Å². The van der Waals surface area contributed by atoms with Crippen LogP contribution in [0.15, 0.2) is 48.5 Å². The normalized spacial score (nSPS) is 9.95. The Kier molecular flexibility index (Phi) is 5.01. The Morgan fingerprint density at radius 3 is 2.21 bits per heavy atom. The Labute approximate surface area is 154 Å². The van der Waals surface area contributed by atoms with Crippen molar-refractivity contribution >= 4 is 0 Å². The molecule has 0 spiro atoms. The van der Waals surface area contributed by atoms with E-state index in [1.54, 1.807) is 0 Å². The first-order valence-electron chi connectivity index (χ1n) is 5.70. The minimum Gasteiger partial charge on any atom is -0.330 e. The molecular weight excluding hydrogens is 263 g/mol. The molecule has 0 saturated heterocycles. The van der Waals surface area contributed by atoms with E-state index >= 15 is 0 Å². The summed E-state index contributed by atoms with van der Waals surface area (Å²) in [6, 6.07) is 16.4. The molecule has 1 aromatic heterocycles. The number of tetrazole rings is 1. The number of nitrogens with zero attached hydrogens (tertiary/aromatic N) is 4. The molecule has 0 amide bonds. The van der Waals surface area contributed by atoms with E-state index in [0.717, 1.165) is 16.7 Å². The van der Waals surface area contributed by atoms with Gasteiger partial charge in [-0.25, -0.2) is 0 Å². The van der Waals surface area contributed by atoms with Crippen molar-refractivity contribution in [2.45, 2.75) is 6.92 Å². The monoisotopic (exact) mass is 274 g/mol. The van der Waals surface area contributed by atoms with Gasteiger partial charge in [-0.1, -0.05) is 54.1 Å². The van der Waals surface area contributed by atoms with Gasteiger partial charge in [-0.05, 0) is 23.6 Å². The molecule has 88 valence electrons. The Hall–Kier alpha value is -0.854. The van der Waals surface area contributed by atoms with Crippen molar-refractivity contribution in [1.29, 1.82) is 0 Å². The van der Waals surface area contributed by atoms with Crippen molar-refractivity contribution in [3.8, 4) is 22.5 Å². The topological polar surface area (TPSA) is 52.8 Å². The van der Waals surface area contributed by atoms with Crippen LogP contribution in [0.1, 0.15) is 5.56 Å². The molecule has 0 radical (unpaired) electrons. The minimum atomic E-state index is 0. The number of hydrogen-bond donors (Lipinski definition) is 0. The third-order valence-corrected chi connectivity index (χ3v) is 2.85. The molecule has 5 heteroatoms. The standard InChI is InChI=1S/C14H11N4.K/c1-10-6-8-11(9-7-10)12-4-2-3-5-13(12)14-15-17-18-16-14;/h2-9H,1H3;/q-1;+1. The van der Waals surface area contributed by atoms with E-state index in [9.17, 15) is 0 Å². The van der Waals surface area contributed by atoms with Gasteiger partial charge in [0.05, 0.1) is 0 Å². The molecule has 0 fully saturated rings. The van der Waals surface area contributed by atoms with Crippen molar-refractivity contribution in [1.82, 2.24) is 20.6 Å². The molecule has 0 aliphatic heterocycles. The van der Waals surface area contributed by atoms with Gasteiger partial charge in [0.1, 0.15) is 0 Å². The van der Waals surface area contributed by atoms with Crippen LogP contribution in [-0.2, 0) is 0 Å². The average Bonchev–Trinajstić information content (AvgIpc) is 2.93. The Morgan fingerprint density at radius 2 is 1.58 bits per heavy atom. The predicted octanol–water partition coefficient (Wildman–Crippen LogP) is -0.525. The molecule has 0 atom stereocenters. The SMILES string of the molecule is Cc1ccc(-c2ccccc2-c2nnn[n-]2)cc1.[K+]. The molecule has 0 N–H and O–H groups in total. The number of aryl methyl sites for hydroxylation is 1. The van der Waals surface area contributed by atoms with Gasteiger partial charge in [0.15, 0.2) is 0 Å². The third kappa shape index (κ3) is 3.18. The van der Waals surface area contributed by atoms with Crippen LogP contribution in [-0.4, -0.2) is 15.5 Å². The summed E-state index contributed by atoms with van der Waals surface area (Å²) in [7, 11) is 0. The van der Waals surface area contributed by atoms with Gasteiger partial charge in [-0.15, -0.1) is 0 Å². The number of aromatic nitrogens is 4. The van der Waals surface area contributed by atoms with E-state index in [1.165, 1.54) is 5.56 Å². The second-order valence-electron chi connectivity index (χ2n) is 4.11. The van der Waals surface area contributed by atoms with Gasteiger partial charge in [-0.2, -0.15) is 5.21 Å². The van der Waals surface area contributed by atoms with Gasteiger partial charge in [0.2, 0.25) is 0 Å². The largest absolute Gasteiger partial charge is 1.00 e. The molecule has 3 aromatic rings. The minimum absolute atomic E-state index is 0. The van der Waals surface area contributed by atoms with Gasteiger partial charge in [0, 0.05) is 5.82 Å². The molecular formula is C14H11KN4. The van der Waals surface area contributed by atoms with Crippen LogP contribution in [0.4, 0.5) is 0 Å². The van der Waals surface area contributed by atoms with Crippen molar-refractivity contribution < 1.29 is 51.4 Å². The summed E-state index contributed by atoms with van der Waals surface area (Å²) in [6.07, 6.45) is 0. The van der Waals surface area contributed by atoms with Crippen LogP contribution < -0.4 is 56.5 Å². The molecule has 0 bridgehead atoms. The Balaban J connectivity index is 0.00000133. The first-order valence-corrected chi connectivity index (χ1v) is 5.70. The first kappa shape index (κ1) is 14.6. The summed E-state index contributed by atoms with van der Waals surface area (Å²) in [5.74, 6) is 0.561. The van der Waals surface area contributed by atoms with E-state index in [1.807, 2.05) is 18.2 Å². The quantitative estimate of drug-likeness (QED) is 0.590. The maximum absolute atomic E-state index is 3.92. The van der Waals surface area contributed by atoms with Crippen LogP contribution in [0.5, 0.6) is 0 Å². The van der Waals surface area contributed by atoms with E-state index in [4.69, 9.17) is 0 Å². The smallest absolute Gasteiger partial charge is 0.330 e. The van der Waals surface area contributed by atoms with E-state index in [-0.39, 0.29) is 51.4 Å².